The van der Waals surface area contributed by atoms with E-state index >= 15 is 0 Å². The van der Waals surface area contributed by atoms with Gasteiger partial charge in [-0.2, -0.15) is 11.8 Å². The minimum Gasteiger partial charge on any atom is -0.356 e. The summed E-state index contributed by atoms with van der Waals surface area (Å²) in [7, 11) is 0. The van der Waals surface area contributed by atoms with Crippen molar-refractivity contribution in [3.05, 3.63) is 0 Å². The minimum absolute atomic E-state index is 0.0434. The molecule has 2 heterocycles. The second-order valence-corrected chi connectivity index (χ2v) is 11.2. The van der Waals surface area contributed by atoms with Gasteiger partial charge in [-0.15, -0.1) is 0 Å². The number of hydrogen-bond acceptors (Lipinski definition) is 6. The number of hydrogen-bond donors (Lipinski definition) is 4. The molecule has 3 atom stereocenters. The number of fused-ring (bicyclic) bond motifs is 1. The Kier molecular flexibility index (Phi) is 15.0. The molecule has 200 valence electrons. The monoisotopic (exact) mass is 510 g/mol. The zero-order valence-corrected chi connectivity index (χ0v) is 22.1. The molecular formula is C26H46N4O4S. The maximum atomic E-state index is 12.1. The molecule has 2 rings (SSSR count). The fourth-order valence-electron chi connectivity index (χ4n) is 4.79. The Labute approximate surface area is 215 Å². The van der Waals surface area contributed by atoms with Crippen molar-refractivity contribution in [1.29, 1.82) is 0 Å². The predicted molar refractivity (Wildman–Crippen MR) is 141 cm³/mol. The van der Waals surface area contributed by atoms with Crippen molar-refractivity contribution in [2.24, 2.45) is 5.73 Å². The number of nitrogens with two attached hydrogens (primary N) is 1. The molecule has 2 fully saturated rings. The molecule has 3 amide bonds. The third-order valence-electron chi connectivity index (χ3n) is 6.92. The average molecular weight is 511 g/mol. The highest BCUT2D eigenvalue weighted by Crippen LogP contribution is 2.33. The number of urea groups is 1. The van der Waals surface area contributed by atoms with Crippen LogP contribution in [0.1, 0.15) is 103 Å². The molecule has 0 aromatic heterocycles. The van der Waals surface area contributed by atoms with E-state index in [-0.39, 0.29) is 36.3 Å². The van der Waals surface area contributed by atoms with Gasteiger partial charge in [-0.25, -0.2) is 4.79 Å². The molecule has 0 bridgehead atoms. The second kappa shape index (κ2) is 17.8. The standard InChI is InChI=1S/C26H46N4O4S/c27-18-21(32)14-7-2-1-5-11-17-28-24(33)16-8-4-3-6-12-20(31)13-9-10-15-23-25-22(19-35-23)29-26(34)30-25/h22-23,25H,1-19,27H2,(H,28,33)(H2,29,30,34). The Bertz CT molecular complexity index is 676. The summed E-state index contributed by atoms with van der Waals surface area (Å²) in [4.78, 5) is 46.6. The van der Waals surface area contributed by atoms with Crippen molar-refractivity contribution < 1.29 is 19.2 Å². The summed E-state index contributed by atoms with van der Waals surface area (Å²) in [5.74, 6) is 1.58. The van der Waals surface area contributed by atoms with Gasteiger partial charge in [0.15, 0.2) is 0 Å². The van der Waals surface area contributed by atoms with Crippen molar-refractivity contribution >= 4 is 35.3 Å². The normalized spacial score (nSPS) is 20.8. The van der Waals surface area contributed by atoms with Crippen molar-refractivity contribution in [1.82, 2.24) is 16.0 Å². The Morgan fingerprint density at radius 3 is 2.11 bits per heavy atom. The van der Waals surface area contributed by atoms with Gasteiger partial charge in [0, 0.05) is 43.2 Å². The molecule has 2 saturated heterocycles. The van der Waals surface area contributed by atoms with E-state index in [1.807, 2.05) is 11.8 Å². The molecule has 0 aliphatic carbocycles. The summed E-state index contributed by atoms with van der Waals surface area (Å²) in [5, 5.41) is 9.43. The Hall–Kier alpha value is -1.61. The first-order valence-electron chi connectivity index (χ1n) is 13.7. The van der Waals surface area contributed by atoms with Gasteiger partial charge in [-0.3, -0.25) is 14.4 Å². The number of thioether (sulfide) groups is 1. The van der Waals surface area contributed by atoms with Gasteiger partial charge < -0.3 is 21.7 Å². The van der Waals surface area contributed by atoms with Crippen LogP contribution in [-0.4, -0.2) is 59.7 Å². The fraction of sp³-hybridized carbons (Fsp3) is 0.846. The first-order chi connectivity index (χ1) is 17.0. The summed E-state index contributed by atoms with van der Waals surface area (Å²) < 4.78 is 0. The van der Waals surface area contributed by atoms with Crippen LogP contribution in [0.3, 0.4) is 0 Å². The summed E-state index contributed by atoms with van der Waals surface area (Å²) in [5.41, 5.74) is 5.29. The quantitative estimate of drug-likeness (QED) is 0.138. The highest BCUT2D eigenvalue weighted by molar-refractivity contribution is 8.00. The largest absolute Gasteiger partial charge is 0.356 e. The smallest absolute Gasteiger partial charge is 0.315 e. The van der Waals surface area contributed by atoms with Gasteiger partial charge in [-0.05, 0) is 38.5 Å². The van der Waals surface area contributed by atoms with Crippen molar-refractivity contribution in [3.8, 4) is 0 Å². The average Bonchev–Trinajstić information content (AvgIpc) is 3.39. The highest BCUT2D eigenvalue weighted by atomic mass is 32.2. The Morgan fingerprint density at radius 1 is 0.800 bits per heavy atom. The summed E-state index contributed by atoms with van der Waals surface area (Å²) in [6.07, 6.45) is 14.3. The topological polar surface area (TPSA) is 130 Å². The molecule has 0 aromatic carbocycles. The van der Waals surface area contributed by atoms with Crippen LogP contribution in [-0.2, 0) is 14.4 Å². The SMILES string of the molecule is NCC(=O)CCCCCCCNC(=O)CCCCCCC(=O)CCCCC1SCC2NC(=O)NC21. The van der Waals surface area contributed by atoms with Crippen LogP contribution in [0, 0.1) is 0 Å². The number of carbonyl (C=O) groups is 4. The first kappa shape index (κ1) is 29.6. The molecule has 3 unspecified atom stereocenters. The van der Waals surface area contributed by atoms with Gasteiger partial charge in [0.25, 0.3) is 0 Å². The van der Waals surface area contributed by atoms with Crippen LogP contribution >= 0.6 is 11.8 Å². The number of carbonyl (C=O) groups excluding carboxylic acids is 4. The van der Waals surface area contributed by atoms with Crippen LogP contribution in [0.2, 0.25) is 0 Å². The van der Waals surface area contributed by atoms with Crippen LogP contribution < -0.4 is 21.7 Å². The maximum absolute atomic E-state index is 12.1. The third kappa shape index (κ3) is 12.8. The second-order valence-electron chi connectivity index (χ2n) is 9.93. The number of rotatable bonds is 21. The van der Waals surface area contributed by atoms with Crippen LogP contribution in [0.5, 0.6) is 0 Å². The molecule has 0 aromatic rings. The lowest BCUT2D eigenvalue weighted by Crippen LogP contribution is -2.36. The molecule has 2 aliphatic heterocycles. The summed E-state index contributed by atoms with van der Waals surface area (Å²) in [6.45, 7) is 0.870. The van der Waals surface area contributed by atoms with E-state index in [4.69, 9.17) is 5.73 Å². The van der Waals surface area contributed by atoms with Gasteiger partial charge in [0.1, 0.15) is 11.6 Å². The lowest BCUT2D eigenvalue weighted by molar-refractivity contribution is -0.121. The molecule has 8 nitrogen and oxygen atoms in total. The number of amides is 3. The van der Waals surface area contributed by atoms with Gasteiger partial charge >= 0.3 is 6.03 Å². The van der Waals surface area contributed by atoms with E-state index in [1.165, 1.54) is 0 Å². The highest BCUT2D eigenvalue weighted by Gasteiger charge is 2.42. The van der Waals surface area contributed by atoms with Gasteiger partial charge in [0.05, 0.1) is 18.6 Å². The zero-order valence-electron chi connectivity index (χ0n) is 21.3. The van der Waals surface area contributed by atoms with Crippen molar-refractivity contribution in [2.45, 2.75) is 120 Å². The maximum Gasteiger partial charge on any atom is 0.315 e. The van der Waals surface area contributed by atoms with Crippen LogP contribution in [0.25, 0.3) is 0 Å². The fourth-order valence-corrected chi connectivity index (χ4v) is 6.34. The molecule has 0 saturated carbocycles. The molecule has 0 radical (unpaired) electrons. The number of ketones is 2. The summed E-state index contributed by atoms with van der Waals surface area (Å²) in [6, 6.07) is 0.478. The van der Waals surface area contributed by atoms with E-state index in [2.05, 4.69) is 16.0 Å². The molecule has 5 N–H and O–H groups in total. The predicted octanol–water partition coefficient (Wildman–Crippen LogP) is 3.61. The lowest BCUT2D eigenvalue weighted by atomic mass is 10.0. The van der Waals surface area contributed by atoms with E-state index in [1.54, 1.807) is 0 Å². The zero-order chi connectivity index (χ0) is 25.3. The Morgan fingerprint density at radius 2 is 1.40 bits per heavy atom. The van der Waals surface area contributed by atoms with E-state index in [0.29, 0.717) is 36.7 Å². The number of nitrogens with one attached hydrogen (secondary N) is 3. The minimum atomic E-state index is -0.0434. The van der Waals surface area contributed by atoms with E-state index in [9.17, 15) is 19.2 Å². The van der Waals surface area contributed by atoms with E-state index < -0.39 is 0 Å². The molecule has 9 heteroatoms. The van der Waals surface area contributed by atoms with E-state index in [0.717, 1.165) is 89.3 Å². The van der Waals surface area contributed by atoms with Crippen LogP contribution in [0.4, 0.5) is 4.79 Å². The lowest BCUT2D eigenvalue weighted by Gasteiger charge is -2.16. The van der Waals surface area contributed by atoms with Gasteiger partial charge in [0.2, 0.25) is 5.91 Å². The van der Waals surface area contributed by atoms with Crippen molar-refractivity contribution in [3.63, 3.8) is 0 Å². The first-order valence-corrected chi connectivity index (χ1v) is 14.7. The van der Waals surface area contributed by atoms with Crippen LogP contribution in [0.15, 0.2) is 0 Å². The number of Topliss-reactive ketones (excluding diaryl/α,β-unsaturated/α-hetero) is 2. The number of unbranched alkanes of at least 4 members (excludes halogenated alkanes) is 8. The molecule has 2 aliphatic rings. The van der Waals surface area contributed by atoms with Crippen molar-refractivity contribution in [2.75, 3.05) is 18.8 Å². The third-order valence-corrected chi connectivity index (χ3v) is 8.43. The van der Waals surface area contributed by atoms with Gasteiger partial charge in [-0.1, -0.05) is 38.5 Å². The summed E-state index contributed by atoms with van der Waals surface area (Å²) >= 11 is 1.93. The molecule has 0 spiro atoms. The molecular weight excluding hydrogens is 464 g/mol. The molecule has 35 heavy (non-hydrogen) atoms. The Balaban J connectivity index is 1.32.